The first-order chi connectivity index (χ1) is 20.1. The highest BCUT2D eigenvalue weighted by atomic mass is 16.5. The Bertz CT molecular complexity index is 1930. The average Bonchev–Trinajstić information content (AvgIpc) is 3.20. The molecule has 1 N–H and O–H groups in total. The van der Waals surface area contributed by atoms with Gasteiger partial charge in [0.05, 0.1) is 31.0 Å². The predicted molar refractivity (Wildman–Crippen MR) is 160 cm³/mol. The Hall–Kier alpha value is -5.25. The number of carbonyl (C=O) groups excluding carboxylic acids is 1. The lowest BCUT2D eigenvalue weighted by Crippen LogP contribution is -2.26. The number of fused-ring (bicyclic) bond motifs is 1. The molecular formula is C32H31N3O7. The van der Waals surface area contributed by atoms with E-state index in [1.165, 1.54) is 18.9 Å². The van der Waals surface area contributed by atoms with Gasteiger partial charge in [-0.3, -0.25) is 19.1 Å². The monoisotopic (exact) mass is 569 g/mol. The van der Waals surface area contributed by atoms with Crippen molar-refractivity contribution in [3.63, 3.8) is 0 Å². The van der Waals surface area contributed by atoms with Crippen LogP contribution in [0.25, 0.3) is 28.0 Å². The average molecular weight is 570 g/mol. The first kappa shape index (κ1) is 28.3. The van der Waals surface area contributed by atoms with Crippen LogP contribution in [0.4, 0.5) is 5.69 Å². The molecule has 0 aliphatic rings. The first-order valence-electron chi connectivity index (χ1n) is 13.2. The number of para-hydroxylation sites is 1. The molecule has 0 fully saturated rings. The molecular weight excluding hydrogens is 538 g/mol. The molecule has 2 heterocycles. The van der Waals surface area contributed by atoms with Crippen LogP contribution in [0.5, 0.6) is 17.2 Å². The van der Waals surface area contributed by atoms with E-state index in [1.807, 2.05) is 32.0 Å². The van der Waals surface area contributed by atoms with Gasteiger partial charge < -0.3 is 23.9 Å². The van der Waals surface area contributed by atoms with E-state index in [4.69, 9.17) is 18.6 Å². The van der Waals surface area contributed by atoms with Crippen LogP contribution < -0.4 is 30.5 Å². The number of rotatable bonds is 8. The zero-order chi connectivity index (χ0) is 30.1. The topological polar surface area (TPSA) is 114 Å². The fourth-order valence-corrected chi connectivity index (χ4v) is 4.76. The van der Waals surface area contributed by atoms with E-state index in [0.29, 0.717) is 39.4 Å². The van der Waals surface area contributed by atoms with Crippen molar-refractivity contribution >= 4 is 22.6 Å². The summed E-state index contributed by atoms with van der Waals surface area (Å²) in [6, 6.07) is 17.7. The van der Waals surface area contributed by atoms with Crippen molar-refractivity contribution in [1.82, 2.24) is 9.36 Å². The minimum Gasteiger partial charge on any atom is -0.493 e. The summed E-state index contributed by atoms with van der Waals surface area (Å²) >= 11 is 0. The van der Waals surface area contributed by atoms with E-state index in [2.05, 4.69) is 5.32 Å². The molecule has 5 rings (SSSR count). The molecule has 0 spiro atoms. The van der Waals surface area contributed by atoms with Gasteiger partial charge in [-0.2, -0.15) is 0 Å². The van der Waals surface area contributed by atoms with Crippen molar-refractivity contribution in [3.05, 3.63) is 98.1 Å². The van der Waals surface area contributed by atoms with Crippen molar-refractivity contribution < 1.29 is 23.4 Å². The van der Waals surface area contributed by atoms with Crippen LogP contribution >= 0.6 is 0 Å². The highest BCUT2D eigenvalue weighted by Gasteiger charge is 2.23. The van der Waals surface area contributed by atoms with E-state index in [0.717, 1.165) is 11.1 Å². The number of aryl methyl sites for hydroxylation is 2. The Balaban J connectivity index is 1.52. The number of anilines is 1. The molecule has 0 aliphatic heterocycles. The van der Waals surface area contributed by atoms with E-state index in [1.54, 1.807) is 61.1 Å². The Morgan fingerprint density at radius 2 is 1.60 bits per heavy atom. The van der Waals surface area contributed by atoms with Crippen LogP contribution in [0.15, 0.2) is 74.7 Å². The van der Waals surface area contributed by atoms with Crippen molar-refractivity contribution in [2.24, 2.45) is 7.05 Å². The number of hydrogen-bond acceptors (Lipinski definition) is 7. The molecule has 0 saturated carbocycles. The van der Waals surface area contributed by atoms with Gasteiger partial charge in [0.1, 0.15) is 11.3 Å². The molecule has 10 nitrogen and oxygen atoms in total. The number of ether oxygens (including phenoxy) is 3. The number of aromatic nitrogens is 2. The lowest BCUT2D eigenvalue weighted by Gasteiger charge is -2.14. The van der Waals surface area contributed by atoms with Crippen LogP contribution in [0.3, 0.4) is 0 Å². The molecule has 0 atom stereocenters. The largest absolute Gasteiger partial charge is 0.493 e. The summed E-state index contributed by atoms with van der Waals surface area (Å²) in [6.07, 6.45) is 0. The van der Waals surface area contributed by atoms with Crippen LogP contribution in [-0.4, -0.2) is 36.1 Å². The smallest absolute Gasteiger partial charge is 0.295 e. The van der Waals surface area contributed by atoms with Crippen molar-refractivity contribution in [3.8, 4) is 34.3 Å². The van der Waals surface area contributed by atoms with Crippen molar-refractivity contribution in [2.45, 2.75) is 20.8 Å². The van der Waals surface area contributed by atoms with Crippen LogP contribution in [0.2, 0.25) is 0 Å². The first-order valence-corrected chi connectivity index (χ1v) is 13.2. The Labute approximate surface area is 241 Å². The number of amides is 1. The molecule has 0 unspecified atom stereocenters. The van der Waals surface area contributed by atoms with Crippen molar-refractivity contribution in [1.29, 1.82) is 0 Å². The third kappa shape index (κ3) is 5.03. The molecule has 0 saturated heterocycles. The van der Waals surface area contributed by atoms with Crippen molar-refractivity contribution in [2.75, 3.05) is 26.1 Å². The van der Waals surface area contributed by atoms with Gasteiger partial charge in [0.25, 0.3) is 11.5 Å². The van der Waals surface area contributed by atoms with E-state index < -0.39 is 23.5 Å². The number of hydrogen-bond donors (Lipinski definition) is 1. The number of methoxy groups -OCH3 is 2. The third-order valence-corrected chi connectivity index (χ3v) is 7.28. The maximum atomic E-state index is 13.7. The summed E-state index contributed by atoms with van der Waals surface area (Å²) in [5.41, 5.74) is 3.24. The Morgan fingerprint density at radius 1 is 0.905 bits per heavy atom. The second kappa shape index (κ2) is 11.3. The van der Waals surface area contributed by atoms with Gasteiger partial charge >= 0.3 is 0 Å². The standard InChI is InChI=1S/C32H31N3O7/c1-18-14-23-25(15-19(18)2)42-30(21-12-13-24(39-5)26(16-21)40-6)31(29(23)37)41-17-27(36)33-28-20(3)34(4)35(32(28)38)22-10-8-7-9-11-22/h7-16H,17H2,1-6H3,(H,33,36). The second-order valence-corrected chi connectivity index (χ2v) is 9.87. The van der Waals surface area contributed by atoms with E-state index in [9.17, 15) is 14.4 Å². The summed E-state index contributed by atoms with van der Waals surface area (Å²) in [5.74, 6) is 0.304. The Kier molecular flexibility index (Phi) is 7.62. The number of nitrogens with zero attached hydrogens (tertiary/aromatic N) is 2. The zero-order valence-corrected chi connectivity index (χ0v) is 24.2. The lowest BCUT2D eigenvalue weighted by molar-refractivity contribution is -0.118. The summed E-state index contributed by atoms with van der Waals surface area (Å²) in [7, 11) is 4.76. The maximum Gasteiger partial charge on any atom is 0.295 e. The van der Waals surface area contributed by atoms with Gasteiger partial charge in [0, 0.05) is 12.6 Å². The molecule has 2 aromatic heterocycles. The van der Waals surface area contributed by atoms with Gasteiger partial charge in [-0.1, -0.05) is 18.2 Å². The van der Waals surface area contributed by atoms with Gasteiger partial charge in [-0.15, -0.1) is 0 Å². The van der Waals surface area contributed by atoms with Crippen LogP contribution in [0.1, 0.15) is 16.8 Å². The fraction of sp³-hybridized carbons (Fsp3) is 0.219. The van der Waals surface area contributed by atoms with E-state index >= 15 is 0 Å². The molecule has 5 aromatic rings. The molecule has 0 bridgehead atoms. The third-order valence-electron chi connectivity index (χ3n) is 7.28. The number of benzene rings is 3. The van der Waals surface area contributed by atoms with Crippen LogP contribution in [-0.2, 0) is 11.8 Å². The number of nitrogens with one attached hydrogen (secondary N) is 1. The second-order valence-electron chi connectivity index (χ2n) is 9.87. The highest BCUT2D eigenvalue weighted by molar-refractivity contribution is 5.92. The molecule has 1 amide bonds. The summed E-state index contributed by atoms with van der Waals surface area (Å²) in [5, 5.41) is 2.98. The molecule has 3 aromatic carbocycles. The molecule has 42 heavy (non-hydrogen) atoms. The van der Waals surface area contributed by atoms with Gasteiger partial charge in [-0.05, 0) is 74.4 Å². The molecule has 216 valence electrons. The van der Waals surface area contributed by atoms with Gasteiger partial charge in [-0.25, -0.2) is 4.68 Å². The molecule has 0 aliphatic carbocycles. The SMILES string of the molecule is COc1ccc(-c2oc3cc(C)c(C)cc3c(=O)c2OCC(=O)Nc2c(C)n(C)n(-c3ccccc3)c2=O)cc1OC. The number of carbonyl (C=O) groups is 1. The highest BCUT2D eigenvalue weighted by Crippen LogP contribution is 2.37. The van der Waals surface area contributed by atoms with Gasteiger partial charge in [0.15, 0.2) is 23.9 Å². The molecule has 0 radical (unpaired) electrons. The fourth-order valence-electron chi connectivity index (χ4n) is 4.76. The minimum atomic E-state index is -0.612. The normalized spacial score (nSPS) is 11.0. The van der Waals surface area contributed by atoms with E-state index in [-0.39, 0.29) is 17.2 Å². The minimum absolute atomic E-state index is 0.117. The lowest BCUT2D eigenvalue weighted by atomic mass is 10.0. The Morgan fingerprint density at radius 3 is 2.29 bits per heavy atom. The summed E-state index contributed by atoms with van der Waals surface area (Å²) in [6.45, 7) is 5.01. The quantitative estimate of drug-likeness (QED) is 0.283. The zero-order valence-electron chi connectivity index (χ0n) is 24.2. The summed E-state index contributed by atoms with van der Waals surface area (Å²) < 4.78 is 26.0. The molecule has 10 heteroatoms. The summed E-state index contributed by atoms with van der Waals surface area (Å²) in [4.78, 5) is 40.0. The van der Waals surface area contributed by atoms with Gasteiger partial charge in [0.2, 0.25) is 11.2 Å². The van der Waals surface area contributed by atoms with Crippen LogP contribution in [0, 0.1) is 20.8 Å². The maximum absolute atomic E-state index is 13.7. The predicted octanol–water partition coefficient (Wildman–Crippen LogP) is 4.91.